The molecule has 1 amide bonds. The van der Waals surface area contributed by atoms with E-state index in [-0.39, 0.29) is 24.5 Å². The van der Waals surface area contributed by atoms with E-state index in [0.717, 1.165) is 6.42 Å². The Hall–Kier alpha value is -0.610. The van der Waals surface area contributed by atoms with Crippen molar-refractivity contribution in [3.8, 4) is 0 Å². The van der Waals surface area contributed by atoms with E-state index >= 15 is 0 Å². The lowest BCUT2D eigenvalue weighted by Crippen LogP contribution is -2.40. The van der Waals surface area contributed by atoms with Crippen molar-refractivity contribution in [2.24, 2.45) is 17.6 Å². The van der Waals surface area contributed by atoms with Gasteiger partial charge in [-0.25, -0.2) is 0 Å². The van der Waals surface area contributed by atoms with Gasteiger partial charge in [0.15, 0.2) is 0 Å². The molecule has 0 aromatic heterocycles. The second kappa shape index (κ2) is 5.47. The number of rotatable bonds is 5. The number of amides is 1. The Morgan fingerprint density at radius 2 is 2.27 bits per heavy atom. The highest BCUT2D eigenvalue weighted by atomic mass is 16.3. The first-order chi connectivity index (χ1) is 7.08. The summed E-state index contributed by atoms with van der Waals surface area (Å²) in [5, 5.41) is 9.29. The summed E-state index contributed by atoms with van der Waals surface area (Å²) in [4.78, 5) is 13.5. The Morgan fingerprint density at radius 3 is 2.67 bits per heavy atom. The SMILES string of the molecule is CC(C)C[C@H](CO)N1CC(CN)CC1=O. The molecular weight excluding hydrogens is 192 g/mol. The van der Waals surface area contributed by atoms with Gasteiger partial charge in [0.05, 0.1) is 12.6 Å². The molecule has 1 aliphatic rings. The lowest BCUT2D eigenvalue weighted by Gasteiger charge is -2.27. The summed E-state index contributed by atoms with van der Waals surface area (Å²) in [7, 11) is 0. The number of nitrogens with zero attached hydrogens (tertiary/aromatic N) is 1. The molecular formula is C11H22N2O2. The van der Waals surface area contributed by atoms with Crippen LogP contribution in [-0.4, -0.2) is 41.7 Å². The molecule has 0 aliphatic carbocycles. The first kappa shape index (κ1) is 12.5. The summed E-state index contributed by atoms with van der Waals surface area (Å²) >= 11 is 0. The number of carbonyl (C=O) groups is 1. The molecule has 1 fully saturated rings. The molecule has 88 valence electrons. The fourth-order valence-electron chi connectivity index (χ4n) is 2.16. The number of likely N-dealkylation sites (tertiary alicyclic amines) is 1. The summed E-state index contributed by atoms with van der Waals surface area (Å²) in [6, 6.07) is -0.0194. The van der Waals surface area contributed by atoms with Crippen molar-refractivity contribution < 1.29 is 9.90 Å². The zero-order chi connectivity index (χ0) is 11.4. The molecule has 0 bridgehead atoms. The molecule has 0 aromatic carbocycles. The van der Waals surface area contributed by atoms with Crippen LogP contribution in [0, 0.1) is 11.8 Å². The molecule has 1 aliphatic heterocycles. The highest BCUT2D eigenvalue weighted by Crippen LogP contribution is 2.22. The van der Waals surface area contributed by atoms with Gasteiger partial charge in [0.2, 0.25) is 5.91 Å². The van der Waals surface area contributed by atoms with Crippen molar-refractivity contribution in [1.29, 1.82) is 0 Å². The fourth-order valence-corrected chi connectivity index (χ4v) is 2.16. The maximum absolute atomic E-state index is 11.7. The van der Waals surface area contributed by atoms with E-state index in [2.05, 4.69) is 13.8 Å². The standard InChI is InChI=1S/C11H22N2O2/c1-8(2)3-10(7-14)13-6-9(5-12)4-11(13)15/h8-10,14H,3-7,12H2,1-2H3/t9?,10-/m1/s1. The van der Waals surface area contributed by atoms with Crippen molar-refractivity contribution in [1.82, 2.24) is 4.90 Å². The topological polar surface area (TPSA) is 66.6 Å². The smallest absolute Gasteiger partial charge is 0.223 e. The maximum atomic E-state index is 11.7. The van der Waals surface area contributed by atoms with E-state index in [0.29, 0.717) is 25.4 Å². The Balaban J connectivity index is 2.57. The number of carbonyl (C=O) groups excluding carboxylic acids is 1. The van der Waals surface area contributed by atoms with Gasteiger partial charge < -0.3 is 15.7 Å². The van der Waals surface area contributed by atoms with Gasteiger partial charge in [-0.3, -0.25) is 4.79 Å². The largest absolute Gasteiger partial charge is 0.394 e. The van der Waals surface area contributed by atoms with Crippen LogP contribution in [0.4, 0.5) is 0 Å². The van der Waals surface area contributed by atoms with Crippen molar-refractivity contribution in [2.45, 2.75) is 32.7 Å². The van der Waals surface area contributed by atoms with Gasteiger partial charge in [-0.05, 0) is 24.8 Å². The Labute approximate surface area is 91.4 Å². The molecule has 4 heteroatoms. The van der Waals surface area contributed by atoms with Crippen LogP contribution < -0.4 is 5.73 Å². The molecule has 2 atom stereocenters. The zero-order valence-corrected chi connectivity index (χ0v) is 9.65. The molecule has 4 nitrogen and oxygen atoms in total. The average molecular weight is 214 g/mol. The van der Waals surface area contributed by atoms with Gasteiger partial charge in [0.25, 0.3) is 0 Å². The second-order valence-electron chi connectivity index (χ2n) is 4.82. The Bertz CT molecular complexity index is 219. The zero-order valence-electron chi connectivity index (χ0n) is 9.65. The number of aliphatic hydroxyl groups excluding tert-OH is 1. The van der Waals surface area contributed by atoms with Crippen molar-refractivity contribution in [2.75, 3.05) is 19.7 Å². The summed E-state index contributed by atoms with van der Waals surface area (Å²) in [5.74, 6) is 0.913. The van der Waals surface area contributed by atoms with Gasteiger partial charge in [-0.1, -0.05) is 13.8 Å². The molecule has 1 saturated heterocycles. The van der Waals surface area contributed by atoms with Crippen LogP contribution in [0.2, 0.25) is 0 Å². The van der Waals surface area contributed by atoms with Crippen LogP contribution in [0.5, 0.6) is 0 Å². The molecule has 1 unspecified atom stereocenters. The number of nitrogens with two attached hydrogens (primary N) is 1. The van der Waals surface area contributed by atoms with Gasteiger partial charge in [0.1, 0.15) is 0 Å². The van der Waals surface area contributed by atoms with Gasteiger partial charge >= 0.3 is 0 Å². The summed E-state index contributed by atoms with van der Waals surface area (Å²) in [6.07, 6.45) is 1.41. The third-order valence-electron chi connectivity index (χ3n) is 2.97. The Kier molecular flexibility index (Phi) is 4.54. The van der Waals surface area contributed by atoms with E-state index in [1.807, 2.05) is 0 Å². The number of hydrogen-bond donors (Lipinski definition) is 2. The average Bonchev–Trinajstić information content (AvgIpc) is 2.56. The van der Waals surface area contributed by atoms with E-state index < -0.39 is 0 Å². The predicted molar refractivity (Wildman–Crippen MR) is 59.2 cm³/mol. The lowest BCUT2D eigenvalue weighted by molar-refractivity contribution is -0.130. The number of hydrogen-bond acceptors (Lipinski definition) is 3. The molecule has 3 N–H and O–H groups in total. The second-order valence-corrected chi connectivity index (χ2v) is 4.82. The van der Waals surface area contributed by atoms with Crippen LogP contribution in [0.3, 0.4) is 0 Å². The first-order valence-corrected chi connectivity index (χ1v) is 5.68. The van der Waals surface area contributed by atoms with Gasteiger partial charge in [-0.2, -0.15) is 0 Å². The fraction of sp³-hybridized carbons (Fsp3) is 0.909. The number of aliphatic hydroxyl groups is 1. The van der Waals surface area contributed by atoms with Crippen molar-refractivity contribution in [3.63, 3.8) is 0 Å². The highest BCUT2D eigenvalue weighted by molar-refractivity contribution is 5.79. The molecule has 0 radical (unpaired) electrons. The molecule has 0 saturated carbocycles. The summed E-state index contributed by atoms with van der Waals surface area (Å²) in [5.41, 5.74) is 5.56. The minimum atomic E-state index is -0.0194. The monoisotopic (exact) mass is 214 g/mol. The van der Waals surface area contributed by atoms with Crippen LogP contribution in [0.1, 0.15) is 26.7 Å². The van der Waals surface area contributed by atoms with Crippen LogP contribution >= 0.6 is 0 Å². The van der Waals surface area contributed by atoms with E-state index in [1.165, 1.54) is 0 Å². The first-order valence-electron chi connectivity index (χ1n) is 5.68. The van der Waals surface area contributed by atoms with Crippen molar-refractivity contribution >= 4 is 5.91 Å². The van der Waals surface area contributed by atoms with Crippen molar-refractivity contribution in [3.05, 3.63) is 0 Å². The van der Waals surface area contributed by atoms with Crippen LogP contribution in [-0.2, 0) is 4.79 Å². The quantitative estimate of drug-likeness (QED) is 0.687. The van der Waals surface area contributed by atoms with Crippen LogP contribution in [0.15, 0.2) is 0 Å². The molecule has 1 rings (SSSR count). The third kappa shape index (κ3) is 3.18. The maximum Gasteiger partial charge on any atom is 0.223 e. The van der Waals surface area contributed by atoms with E-state index in [4.69, 9.17) is 5.73 Å². The molecule has 15 heavy (non-hydrogen) atoms. The van der Waals surface area contributed by atoms with Crippen LogP contribution in [0.25, 0.3) is 0 Å². The summed E-state index contributed by atoms with van der Waals surface area (Å²) in [6.45, 7) is 5.53. The highest BCUT2D eigenvalue weighted by Gasteiger charge is 2.33. The molecule has 0 spiro atoms. The van der Waals surface area contributed by atoms with E-state index in [1.54, 1.807) is 4.90 Å². The van der Waals surface area contributed by atoms with Gasteiger partial charge in [0, 0.05) is 13.0 Å². The minimum absolute atomic E-state index is 0.0194. The predicted octanol–water partition coefficient (Wildman–Crippen LogP) is 0.201. The Morgan fingerprint density at radius 1 is 1.60 bits per heavy atom. The molecule has 1 heterocycles. The lowest BCUT2D eigenvalue weighted by atomic mass is 10.0. The minimum Gasteiger partial charge on any atom is -0.394 e. The third-order valence-corrected chi connectivity index (χ3v) is 2.97. The van der Waals surface area contributed by atoms with Gasteiger partial charge in [-0.15, -0.1) is 0 Å². The molecule has 0 aromatic rings. The summed E-state index contributed by atoms with van der Waals surface area (Å²) < 4.78 is 0. The van der Waals surface area contributed by atoms with E-state index in [9.17, 15) is 9.90 Å². The normalized spacial score (nSPS) is 23.9.